The molecule has 0 N–H and O–H groups in total. The summed E-state index contributed by atoms with van der Waals surface area (Å²) in [5.74, 6) is -0.444. The molecule has 366 valence electrons. The molecule has 0 bridgehead atoms. The first-order chi connectivity index (χ1) is 31.6. The zero-order valence-corrected chi connectivity index (χ0v) is 42.0. The van der Waals surface area contributed by atoms with Crippen LogP contribution in [0.5, 0.6) is 0 Å². The van der Waals surface area contributed by atoms with Crippen molar-refractivity contribution >= 4 is 11.9 Å². The van der Waals surface area contributed by atoms with E-state index in [4.69, 9.17) is 14.2 Å². The molecule has 0 aromatic heterocycles. The Bertz CT molecular complexity index is 1230. The average molecular weight is 889 g/mol. The van der Waals surface area contributed by atoms with E-state index < -0.39 is 6.10 Å². The highest BCUT2D eigenvalue weighted by atomic mass is 16.6. The van der Waals surface area contributed by atoms with Crippen LogP contribution in [0.3, 0.4) is 0 Å². The van der Waals surface area contributed by atoms with Crippen molar-refractivity contribution in [2.45, 2.75) is 245 Å². The minimum atomic E-state index is -0.561. The number of hydrogen-bond acceptors (Lipinski definition) is 5. The van der Waals surface area contributed by atoms with Crippen molar-refractivity contribution in [1.29, 1.82) is 0 Å². The van der Waals surface area contributed by atoms with Crippen LogP contribution >= 0.6 is 0 Å². The Morgan fingerprint density at radius 3 is 1.19 bits per heavy atom. The highest BCUT2D eigenvalue weighted by Crippen LogP contribution is 2.13. The van der Waals surface area contributed by atoms with Gasteiger partial charge in [-0.15, -0.1) is 0 Å². The van der Waals surface area contributed by atoms with Gasteiger partial charge in [0.15, 0.2) is 6.10 Å². The highest BCUT2D eigenvalue weighted by molar-refractivity contribution is 5.70. The molecule has 1 unspecified atom stereocenters. The van der Waals surface area contributed by atoms with Crippen molar-refractivity contribution in [3.63, 3.8) is 0 Å². The number of carbonyl (C=O) groups excluding carboxylic acids is 2. The molecule has 0 aliphatic rings. The van der Waals surface area contributed by atoms with Crippen LogP contribution in [0.1, 0.15) is 239 Å². The van der Waals surface area contributed by atoms with Gasteiger partial charge in [0.25, 0.3) is 0 Å². The predicted octanol–water partition coefficient (Wildman–Crippen LogP) is 18.2. The Morgan fingerprint density at radius 2 is 0.719 bits per heavy atom. The summed E-state index contributed by atoms with van der Waals surface area (Å²) in [6.07, 6.45) is 72.7. The van der Waals surface area contributed by atoms with Crippen molar-refractivity contribution in [2.75, 3.05) is 19.8 Å². The summed E-state index contributed by atoms with van der Waals surface area (Å²) in [6, 6.07) is 0. The maximum Gasteiger partial charge on any atom is 0.306 e. The molecule has 0 rings (SSSR count). The van der Waals surface area contributed by atoms with Crippen LogP contribution in [-0.4, -0.2) is 37.9 Å². The fourth-order valence-electron chi connectivity index (χ4n) is 7.08. The number of esters is 2. The molecule has 0 radical (unpaired) electrons. The zero-order chi connectivity index (χ0) is 46.3. The molecule has 0 saturated heterocycles. The van der Waals surface area contributed by atoms with E-state index in [-0.39, 0.29) is 25.2 Å². The fourth-order valence-corrected chi connectivity index (χ4v) is 7.08. The summed E-state index contributed by atoms with van der Waals surface area (Å²) in [6.45, 7) is 7.59. The molecule has 0 heterocycles. The second-order valence-corrected chi connectivity index (χ2v) is 17.4. The van der Waals surface area contributed by atoms with Gasteiger partial charge >= 0.3 is 11.9 Å². The second-order valence-electron chi connectivity index (χ2n) is 17.4. The number of hydrogen-bond donors (Lipinski definition) is 0. The molecule has 0 aromatic carbocycles. The third kappa shape index (κ3) is 51.5. The lowest BCUT2D eigenvalue weighted by Crippen LogP contribution is -2.30. The summed E-state index contributed by atoms with van der Waals surface area (Å²) in [4.78, 5) is 25.4. The van der Waals surface area contributed by atoms with Gasteiger partial charge in [-0.05, 0) is 116 Å². The summed E-state index contributed by atoms with van der Waals surface area (Å²) in [5, 5.41) is 0. The first kappa shape index (κ1) is 60.8. The highest BCUT2D eigenvalue weighted by Gasteiger charge is 2.17. The average Bonchev–Trinajstić information content (AvgIpc) is 3.30. The lowest BCUT2D eigenvalue weighted by atomic mass is 10.1. The van der Waals surface area contributed by atoms with Crippen LogP contribution in [0.4, 0.5) is 0 Å². The number of allylic oxidation sites excluding steroid dienone is 16. The minimum absolute atomic E-state index is 0.0604. The number of ether oxygens (including phenoxy) is 3. The van der Waals surface area contributed by atoms with Crippen molar-refractivity contribution < 1.29 is 23.8 Å². The number of carbonyl (C=O) groups is 2. The first-order valence-electron chi connectivity index (χ1n) is 26.8. The van der Waals surface area contributed by atoms with Crippen LogP contribution in [0.2, 0.25) is 0 Å². The fraction of sp³-hybridized carbons (Fsp3) is 0.695. The van der Waals surface area contributed by atoms with Crippen molar-refractivity contribution in [2.24, 2.45) is 0 Å². The van der Waals surface area contributed by atoms with E-state index in [2.05, 4.69) is 118 Å². The molecule has 5 heteroatoms. The van der Waals surface area contributed by atoms with Crippen molar-refractivity contribution in [3.8, 4) is 0 Å². The molecule has 0 aliphatic heterocycles. The standard InChI is InChI=1S/C59H100O5/c1-4-7-10-13-16-19-22-24-26-28-29-30-32-34-36-39-42-45-48-51-54-62-55-57(64-59(61)53-50-47-44-41-37-21-18-15-12-9-6-3)56-63-58(60)52-49-46-43-40-38-35-33-31-27-25-23-20-17-14-11-8-5-2/h8,11,15-20,24-27,29-30,33,35,57H,4-7,9-10,12-14,21-23,28,31-32,34,36-56H2,1-3H3/b11-8-,18-15-,19-16-,20-17-,26-24-,27-25-,30-29-,35-33-. The van der Waals surface area contributed by atoms with Gasteiger partial charge in [0, 0.05) is 19.4 Å². The maximum atomic E-state index is 12.8. The molecular weight excluding hydrogens is 789 g/mol. The first-order valence-corrected chi connectivity index (χ1v) is 26.8. The molecule has 0 fully saturated rings. The Balaban J connectivity index is 4.30. The number of unbranched alkanes of at least 4 members (excludes halogenated alkanes) is 21. The molecular formula is C59H100O5. The minimum Gasteiger partial charge on any atom is -0.462 e. The summed E-state index contributed by atoms with van der Waals surface area (Å²) in [7, 11) is 0. The Hall–Kier alpha value is -3.18. The molecule has 0 spiro atoms. The molecule has 0 aromatic rings. The molecule has 0 aliphatic carbocycles. The van der Waals surface area contributed by atoms with Gasteiger partial charge in [-0.2, -0.15) is 0 Å². The molecule has 64 heavy (non-hydrogen) atoms. The van der Waals surface area contributed by atoms with Crippen LogP contribution < -0.4 is 0 Å². The second kappa shape index (κ2) is 54.2. The monoisotopic (exact) mass is 889 g/mol. The third-order valence-corrected chi connectivity index (χ3v) is 11.1. The molecule has 1 atom stereocenters. The number of rotatable bonds is 48. The van der Waals surface area contributed by atoms with E-state index >= 15 is 0 Å². The Labute approximate surface area is 396 Å². The zero-order valence-electron chi connectivity index (χ0n) is 42.0. The van der Waals surface area contributed by atoms with Gasteiger partial charge in [-0.1, -0.05) is 208 Å². The van der Waals surface area contributed by atoms with E-state index in [1.807, 2.05) is 0 Å². The predicted molar refractivity (Wildman–Crippen MR) is 279 cm³/mol. The normalized spacial score (nSPS) is 13.0. The third-order valence-electron chi connectivity index (χ3n) is 11.1. The lowest BCUT2D eigenvalue weighted by molar-refractivity contribution is -0.163. The topological polar surface area (TPSA) is 61.8 Å². The van der Waals surface area contributed by atoms with E-state index in [1.54, 1.807) is 0 Å². The van der Waals surface area contributed by atoms with E-state index in [0.717, 1.165) is 109 Å². The maximum absolute atomic E-state index is 12.8. The largest absolute Gasteiger partial charge is 0.462 e. The van der Waals surface area contributed by atoms with Crippen molar-refractivity contribution in [1.82, 2.24) is 0 Å². The van der Waals surface area contributed by atoms with Gasteiger partial charge in [0.2, 0.25) is 0 Å². The van der Waals surface area contributed by atoms with Crippen LogP contribution in [0.15, 0.2) is 97.2 Å². The van der Waals surface area contributed by atoms with Gasteiger partial charge in [-0.3, -0.25) is 9.59 Å². The smallest absolute Gasteiger partial charge is 0.306 e. The summed E-state index contributed by atoms with van der Waals surface area (Å²) >= 11 is 0. The molecule has 5 nitrogen and oxygen atoms in total. The van der Waals surface area contributed by atoms with Crippen LogP contribution in [-0.2, 0) is 23.8 Å². The quantitative estimate of drug-likeness (QED) is 0.0346. The van der Waals surface area contributed by atoms with Gasteiger partial charge < -0.3 is 14.2 Å². The lowest BCUT2D eigenvalue weighted by Gasteiger charge is -2.18. The van der Waals surface area contributed by atoms with Crippen LogP contribution in [0.25, 0.3) is 0 Å². The Kier molecular flexibility index (Phi) is 51.5. The molecule has 0 amide bonds. The van der Waals surface area contributed by atoms with Crippen LogP contribution in [0, 0.1) is 0 Å². The van der Waals surface area contributed by atoms with E-state index in [0.29, 0.717) is 19.4 Å². The Morgan fingerprint density at radius 1 is 0.359 bits per heavy atom. The van der Waals surface area contributed by atoms with Gasteiger partial charge in [0.05, 0.1) is 6.61 Å². The van der Waals surface area contributed by atoms with E-state index in [1.165, 1.54) is 96.3 Å². The summed E-state index contributed by atoms with van der Waals surface area (Å²) < 4.78 is 17.4. The van der Waals surface area contributed by atoms with Gasteiger partial charge in [-0.25, -0.2) is 0 Å². The van der Waals surface area contributed by atoms with Crippen molar-refractivity contribution in [3.05, 3.63) is 97.2 Å². The summed E-state index contributed by atoms with van der Waals surface area (Å²) in [5.41, 5.74) is 0. The van der Waals surface area contributed by atoms with Gasteiger partial charge in [0.1, 0.15) is 6.61 Å². The molecule has 0 saturated carbocycles. The van der Waals surface area contributed by atoms with E-state index in [9.17, 15) is 9.59 Å². The SMILES string of the molecule is CC/C=C\C/C=C\C/C=C\C/C=C\CCCCCCC(=O)OCC(COCCCCCCCCC/C=C\C/C=C\C/C=C\CCCCC)OC(=O)CCCCCCC/C=C\CCCC.